The molecule has 0 radical (unpaired) electrons. The lowest BCUT2D eigenvalue weighted by Gasteiger charge is -2.39. The minimum Gasteiger partial charge on any atom is -0.353 e. The van der Waals surface area contributed by atoms with Crippen LogP contribution in [0.25, 0.3) is 27.8 Å². The van der Waals surface area contributed by atoms with Gasteiger partial charge in [0.1, 0.15) is 11.9 Å². The molecule has 2 saturated heterocycles. The number of likely N-dealkylation sites (N-methyl/N-ethyl adjacent to an activating group) is 1. The number of nitrogens with zero attached hydrogens (tertiary/aromatic N) is 7. The van der Waals surface area contributed by atoms with Crippen molar-refractivity contribution in [2.24, 2.45) is 0 Å². The summed E-state index contributed by atoms with van der Waals surface area (Å²) in [4.78, 5) is 14.1. The van der Waals surface area contributed by atoms with Crippen LogP contribution in [-0.4, -0.2) is 56.7 Å². The van der Waals surface area contributed by atoms with Crippen molar-refractivity contribution in [2.45, 2.75) is 31.8 Å². The monoisotopic (exact) mass is 435 g/mol. The Morgan fingerprint density at radius 2 is 1.79 bits per heavy atom. The Kier molecular flexibility index (Phi) is 4.63. The molecule has 6 rings (SSSR count). The summed E-state index contributed by atoms with van der Waals surface area (Å²) >= 11 is 0. The third-order valence-electron chi connectivity index (χ3n) is 7.19. The maximum atomic E-state index is 9.67. The number of aryl methyl sites for hydroxylation is 1. The van der Waals surface area contributed by atoms with Crippen molar-refractivity contribution in [1.29, 1.82) is 5.26 Å². The smallest absolute Gasteiger partial charge is 0.128 e. The Bertz CT molecular complexity index is 1370. The maximum absolute atomic E-state index is 9.67. The number of fused-ring (bicyclic) bond motifs is 3. The molecule has 6 heterocycles. The quantitative estimate of drug-likeness (QED) is 0.486. The van der Waals surface area contributed by atoms with Crippen molar-refractivity contribution in [2.75, 3.05) is 25.0 Å². The van der Waals surface area contributed by atoms with Gasteiger partial charge < -0.3 is 4.90 Å². The van der Waals surface area contributed by atoms with E-state index >= 15 is 0 Å². The van der Waals surface area contributed by atoms with Gasteiger partial charge in [0.15, 0.2) is 0 Å². The number of piperazine rings is 1. The molecule has 4 aromatic heterocycles. The van der Waals surface area contributed by atoms with Crippen molar-refractivity contribution >= 4 is 11.3 Å². The van der Waals surface area contributed by atoms with Gasteiger partial charge in [-0.1, -0.05) is 0 Å². The van der Waals surface area contributed by atoms with Crippen LogP contribution in [0.4, 0.5) is 5.82 Å². The van der Waals surface area contributed by atoms with E-state index in [0.717, 1.165) is 52.4 Å². The number of nitriles is 1. The van der Waals surface area contributed by atoms with E-state index < -0.39 is 0 Å². The van der Waals surface area contributed by atoms with Crippen molar-refractivity contribution in [3.05, 3.63) is 66.4 Å². The van der Waals surface area contributed by atoms with E-state index in [-0.39, 0.29) is 0 Å². The van der Waals surface area contributed by atoms with E-state index in [1.807, 2.05) is 31.6 Å². The lowest BCUT2D eigenvalue weighted by molar-refractivity contribution is 0.212. The van der Waals surface area contributed by atoms with E-state index in [0.29, 0.717) is 17.6 Å². The molecule has 2 bridgehead atoms. The summed E-state index contributed by atoms with van der Waals surface area (Å²) in [6, 6.07) is 13.9. The summed E-state index contributed by atoms with van der Waals surface area (Å²) in [5.41, 5.74) is 6.34. The normalized spacial score (nSPS) is 20.3. The predicted molar refractivity (Wildman–Crippen MR) is 128 cm³/mol. The molecule has 33 heavy (non-hydrogen) atoms. The third-order valence-corrected chi connectivity index (χ3v) is 7.19. The number of hydrogen-bond donors (Lipinski definition) is 0. The van der Waals surface area contributed by atoms with E-state index in [1.165, 1.54) is 12.8 Å². The van der Waals surface area contributed by atoms with Crippen molar-refractivity contribution in [3.8, 4) is 28.3 Å². The molecular weight excluding hydrogens is 410 g/mol. The van der Waals surface area contributed by atoms with Crippen LogP contribution in [-0.2, 0) is 0 Å². The van der Waals surface area contributed by atoms with Gasteiger partial charge in [-0.25, -0.2) is 9.50 Å². The Labute approximate surface area is 192 Å². The zero-order chi connectivity index (χ0) is 22.5. The number of pyridine rings is 3. The highest BCUT2D eigenvalue weighted by Gasteiger charge is 2.37. The minimum absolute atomic E-state index is 0.558. The molecule has 0 aliphatic carbocycles. The Morgan fingerprint density at radius 3 is 2.48 bits per heavy atom. The highest BCUT2D eigenvalue weighted by molar-refractivity contribution is 5.87. The van der Waals surface area contributed by atoms with Crippen LogP contribution in [0.3, 0.4) is 0 Å². The Balaban J connectivity index is 1.41. The van der Waals surface area contributed by atoms with Crippen LogP contribution in [0, 0.1) is 18.3 Å². The van der Waals surface area contributed by atoms with Crippen LogP contribution < -0.4 is 4.90 Å². The van der Waals surface area contributed by atoms with Gasteiger partial charge in [0.2, 0.25) is 0 Å². The van der Waals surface area contributed by atoms with Gasteiger partial charge in [-0.2, -0.15) is 10.4 Å². The average molecular weight is 436 g/mol. The van der Waals surface area contributed by atoms with Crippen LogP contribution >= 0.6 is 0 Å². The van der Waals surface area contributed by atoms with Crippen LogP contribution in [0.2, 0.25) is 0 Å². The molecule has 2 unspecified atom stereocenters. The molecular formula is C26H25N7. The zero-order valence-electron chi connectivity index (χ0n) is 18.8. The van der Waals surface area contributed by atoms with Gasteiger partial charge in [-0.05, 0) is 62.7 Å². The molecule has 164 valence electrons. The molecule has 0 aromatic carbocycles. The largest absolute Gasteiger partial charge is 0.353 e. The van der Waals surface area contributed by atoms with E-state index in [2.05, 4.69) is 57.3 Å². The Morgan fingerprint density at radius 1 is 0.970 bits per heavy atom. The molecule has 7 heteroatoms. The Hall–Kier alpha value is -3.76. The molecule has 2 fully saturated rings. The summed E-state index contributed by atoms with van der Waals surface area (Å²) in [5, 5.41) is 14.1. The van der Waals surface area contributed by atoms with Gasteiger partial charge in [0.25, 0.3) is 0 Å². The first-order valence-electron chi connectivity index (χ1n) is 11.4. The van der Waals surface area contributed by atoms with Gasteiger partial charge in [-0.15, -0.1) is 0 Å². The van der Waals surface area contributed by atoms with Gasteiger partial charge in [0, 0.05) is 66.1 Å². The fraction of sp³-hybridized carbons (Fsp3) is 0.308. The second-order valence-electron chi connectivity index (χ2n) is 9.15. The summed E-state index contributed by atoms with van der Waals surface area (Å²) in [6.07, 6.45) is 9.89. The predicted octanol–water partition coefficient (Wildman–Crippen LogP) is 3.92. The highest BCUT2D eigenvalue weighted by atomic mass is 15.3. The highest BCUT2D eigenvalue weighted by Crippen LogP contribution is 2.34. The van der Waals surface area contributed by atoms with Gasteiger partial charge in [-0.3, -0.25) is 9.88 Å². The topological polar surface area (TPSA) is 73.3 Å². The molecule has 2 atom stereocenters. The second kappa shape index (κ2) is 7.68. The molecule has 4 aromatic rings. The molecule has 7 nitrogen and oxygen atoms in total. The number of anilines is 1. The summed E-state index contributed by atoms with van der Waals surface area (Å²) in [6.45, 7) is 4.04. The fourth-order valence-corrected chi connectivity index (χ4v) is 5.34. The molecule has 0 spiro atoms. The SMILES string of the molecule is Cc1cc(-c2cc(-c3ccc(N4CC5CCC(C4)N5C)nc3)c3c(C#N)cnn3c2)ccn1. The first kappa shape index (κ1) is 19.9. The van der Waals surface area contributed by atoms with Crippen LogP contribution in [0.5, 0.6) is 0 Å². The molecule has 2 aliphatic rings. The van der Waals surface area contributed by atoms with Gasteiger partial charge >= 0.3 is 0 Å². The standard InChI is InChI=1S/C26H25N7/c1-17-9-18(7-8-28-17)20-10-24(26-21(11-27)13-30-33(26)14-20)19-3-6-25(29-12-19)32-15-22-4-5-23(16-32)31(22)2/h3,6-10,12-14,22-23H,4-5,15-16H2,1-2H3. The lowest BCUT2D eigenvalue weighted by atomic mass is 10.00. The summed E-state index contributed by atoms with van der Waals surface area (Å²) in [5.74, 6) is 1.02. The first-order chi connectivity index (χ1) is 16.1. The van der Waals surface area contributed by atoms with Crippen LogP contribution in [0.1, 0.15) is 24.1 Å². The van der Waals surface area contributed by atoms with Gasteiger partial charge in [0.05, 0.1) is 17.3 Å². The van der Waals surface area contributed by atoms with Crippen molar-refractivity contribution in [1.82, 2.24) is 24.5 Å². The van der Waals surface area contributed by atoms with E-state index in [4.69, 9.17) is 4.98 Å². The third kappa shape index (κ3) is 3.35. The van der Waals surface area contributed by atoms with Crippen molar-refractivity contribution in [3.63, 3.8) is 0 Å². The summed E-state index contributed by atoms with van der Waals surface area (Å²) in [7, 11) is 2.25. The lowest BCUT2D eigenvalue weighted by Crippen LogP contribution is -2.52. The van der Waals surface area contributed by atoms with E-state index in [1.54, 1.807) is 10.7 Å². The minimum atomic E-state index is 0.558. The maximum Gasteiger partial charge on any atom is 0.128 e. The number of rotatable bonds is 3. The fourth-order valence-electron chi connectivity index (χ4n) is 5.34. The summed E-state index contributed by atoms with van der Waals surface area (Å²) < 4.78 is 1.80. The molecule has 0 amide bonds. The molecule has 2 aliphatic heterocycles. The van der Waals surface area contributed by atoms with E-state index in [9.17, 15) is 5.26 Å². The van der Waals surface area contributed by atoms with Crippen molar-refractivity contribution < 1.29 is 0 Å². The average Bonchev–Trinajstić information content (AvgIpc) is 3.33. The van der Waals surface area contributed by atoms with Crippen LogP contribution in [0.15, 0.2) is 55.1 Å². The second-order valence-corrected chi connectivity index (χ2v) is 9.15. The number of aromatic nitrogens is 4. The zero-order valence-corrected chi connectivity index (χ0v) is 18.8. The molecule has 0 saturated carbocycles. The molecule has 0 N–H and O–H groups in total. The number of hydrogen-bond acceptors (Lipinski definition) is 6. The first-order valence-corrected chi connectivity index (χ1v) is 11.4.